The number of carbonyl (C=O) groups excluding carboxylic acids is 1. The maximum Gasteiger partial charge on any atom is 0.257 e. The van der Waals surface area contributed by atoms with Crippen LogP contribution in [-0.4, -0.2) is 30.1 Å². The van der Waals surface area contributed by atoms with Gasteiger partial charge in [-0.2, -0.15) is 0 Å². The van der Waals surface area contributed by atoms with E-state index in [1.54, 1.807) is 11.3 Å². The first kappa shape index (κ1) is 15.3. The standard InChI is InChI=1S/C17H21NO3S/c1-12-10-16(13(2)21-12)17(19)18(11-15-4-3-9-22-15)14-5-7-20-8-6-14/h3-4,9-10,14H,5-8,11H2,1-2H3. The van der Waals surface area contributed by atoms with Crippen LogP contribution in [0.3, 0.4) is 0 Å². The molecule has 3 rings (SSSR count). The van der Waals surface area contributed by atoms with Gasteiger partial charge in [0.1, 0.15) is 11.5 Å². The predicted octanol–water partition coefficient (Wildman–Crippen LogP) is 3.78. The van der Waals surface area contributed by atoms with Gasteiger partial charge in [0.25, 0.3) is 5.91 Å². The molecule has 0 atom stereocenters. The average molecular weight is 319 g/mol. The van der Waals surface area contributed by atoms with E-state index >= 15 is 0 Å². The summed E-state index contributed by atoms with van der Waals surface area (Å²) in [6, 6.07) is 6.19. The Morgan fingerprint density at radius 2 is 2.14 bits per heavy atom. The molecule has 0 radical (unpaired) electrons. The molecule has 0 saturated carbocycles. The van der Waals surface area contributed by atoms with Crippen molar-refractivity contribution in [2.75, 3.05) is 13.2 Å². The highest BCUT2D eigenvalue weighted by molar-refractivity contribution is 7.09. The predicted molar refractivity (Wildman–Crippen MR) is 86.2 cm³/mol. The van der Waals surface area contributed by atoms with E-state index < -0.39 is 0 Å². The zero-order valence-corrected chi connectivity index (χ0v) is 13.8. The second kappa shape index (κ2) is 6.67. The number of aryl methyl sites for hydroxylation is 2. The minimum Gasteiger partial charge on any atom is -0.466 e. The monoisotopic (exact) mass is 319 g/mol. The molecule has 1 aliphatic heterocycles. The highest BCUT2D eigenvalue weighted by Gasteiger charge is 2.29. The molecule has 3 heterocycles. The van der Waals surface area contributed by atoms with Crippen molar-refractivity contribution in [1.82, 2.24) is 4.90 Å². The Labute approximate surface area is 134 Å². The van der Waals surface area contributed by atoms with Gasteiger partial charge in [-0.15, -0.1) is 11.3 Å². The molecule has 22 heavy (non-hydrogen) atoms. The summed E-state index contributed by atoms with van der Waals surface area (Å²) in [4.78, 5) is 16.2. The number of thiophene rings is 1. The first-order valence-corrected chi connectivity index (χ1v) is 8.51. The maximum atomic E-state index is 13.0. The maximum absolute atomic E-state index is 13.0. The summed E-state index contributed by atoms with van der Waals surface area (Å²) in [5.74, 6) is 1.55. The quantitative estimate of drug-likeness (QED) is 0.861. The Bertz CT molecular complexity index is 626. The molecule has 0 unspecified atom stereocenters. The van der Waals surface area contributed by atoms with Crippen LogP contribution in [0.1, 0.15) is 39.6 Å². The third-order valence-electron chi connectivity index (χ3n) is 4.07. The van der Waals surface area contributed by atoms with Crippen molar-refractivity contribution in [2.45, 2.75) is 39.3 Å². The first-order valence-electron chi connectivity index (χ1n) is 7.63. The molecule has 0 N–H and O–H groups in total. The highest BCUT2D eigenvalue weighted by atomic mass is 32.1. The van der Waals surface area contributed by atoms with Crippen LogP contribution in [0.15, 0.2) is 28.0 Å². The fourth-order valence-electron chi connectivity index (χ4n) is 2.93. The lowest BCUT2D eigenvalue weighted by Crippen LogP contribution is -2.42. The van der Waals surface area contributed by atoms with Gasteiger partial charge in [-0.3, -0.25) is 4.79 Å². The van der Waals surface area contributed by atoms with E-state index in [1.165, 1.54) is 4.88 Å². The number of amides is 1. The third kappa shape index (κ3) is 3.25. The summed E-state index contributed by atoms with van der Waals surface area (Å²) in [6.07, 6.45) is 1.79. The van der Waals surface area contributed by atoms with E-state index in [2.05, 4.69) is 11.4 Å². The molecular formula is C17H21NO3S. The summed E-state index contributed by atoms with van der Waals surface area (Å²) in [5.41, 5.74) is 0.681. The molecule has 4 nitrogen and oxygen atoms in total. The number of hydrogen-bond donors (Lipinski definition) is 0. The largest absolute Gasteiger partial charge is 0.466 e. The van der Waals surface area contributed by atoms with Gasteiger partial charge in [0.05, 0.1) is 12.1 Å². The van der Waals surface area contributed by atoms with E-state index in [-0.39, 0.29) is 11.9 Å². The Morgan fingerprint density at radius 1 is 1.36 bits per heavy atom. The normalized spacial score (nSPS) is 15.9. The van der Waals surface area contributed by atoms with Crippen LogP contribution in [0.4, 0.5) is 0 Å². The number of carbonyl (C=O) groups is 1. The molecule has 0 aliphatic carbocycles. The van der Waals surface area contributed by atoms with Crippen LogP contribution >= 0.6 is 11.3 Å². The number of nitrogens with zero attached hydrogens (tertiary/aromatic N) is 1. The third-order valence-corrected chi connectivity index (χ3v) is 4.93. The van der Waals surface area contributed by atoms with Crippen LogP contribution < -0.4 is 0 Å². The second-order valence-corrected chi connectivity index (χ2v) is 6.72. The van der Waals surface area contributed by atoms with Crippen molar-refractivity contribution in [3.63, 3.8) is 0 Å². The number of rotatable bonds is 4. The molecule has 0 bridgehead atoms. The highest BCUT2D eigenvalue weighted by Crippen LogP contribution is 2.24. The van der Waals surface area contributed by atoms with Gasteiger partial charge in [0.15, 0.2) is 0 Å². The Kier molecular flexibility index (Phi) is 4.64. The fraction of sp³-hybridized carbons (Fsp3) is 0.471. The number of hydrogen-bond acceptors (Lipinski definition) is 4. The van der Waals surface area contributed by atoms with Crippen LogP contribution in [0, 0.1) is 13.8 Å². The minimum absolute atomic E-state index is 0.0645. The summed E-state index contributed by atoms with van der Waals surface area (Å²) < 4.78 is 11.0. The summed E-state index contributed by atoms with van der Waals surface area (Å²) >= 11 is 1.69. The molecule has 2 aromatic heterocycles. The van der Waals surface area contributed by atoms with Crippen LogP contribution in [0.5, 0.6) is 0 Å². The minimum atomic E-state index is 0.0645. The van der Waals surface area contributed by atoms with Crippen molar-refractivity contribution in [3.8, 4) is 0 Å². The first-order chi connectivity index (χ1) is 10.6. The van der Waals surface area contributed by atoms with Crippen LogP contribution in [0.25, 0.3) is 0 Å². The van der Waals surface area contributed by atoms with Crippen molar-refractivity contribution >= 4 is 17.2 Å². The molecule has 1 aliphatic rings. The lowest BCUT2D eigenvalue weighted by Gasteiger charge is -2.34. The second-order valence-electron chi connectivity index (χ2n) is 5.68. The molecule has 1 fully saturated rings. The van der Waals surface area contributed by atoms with Crippen molar-refractivity contribution in [3.05, 3.63) is 45.5 Å². The molecule has 5 heteroatoms. The molecule has 2 aromatic rings. The van der Waals surface area contributed by atoms with Gasteiger partial charge >= 0.3 is 0 Å². The van der Waals surface area contributed by atoms with Gasteiger partial charge in [-0.1, -0.05) is 6.07 Å². The molecule has 0 aromatic carbocycles. The lowest BCUT2D eigenvalue weighted by atomic mass is 10.1. The zero-order chi connectivity index (χ0) is 15.5. The van der Waals surface area contributed by atoms with Crippen LogP contribution in [-0.2, 0) is 11.3 Å². The topological polar surface area (TPSA) is 42.7 Å². The van der Waals surface area contributed by atoms with Crippen LogP contribution in [0.2, 0.25) is 0 Å². The summed E-state index contributed by atoms with van der Waals surface area (Å²) in [6.45, 7) is 5.84. The Hall–Kier alpha value is -1.59. The van der Waals surface area contributed by atoms with Crippen molar-refractivity contribution in [1.29, 1.82) is 0 Å². The van der Waals surface area contributed by atoms with E-state index in [0.717, 1.165) is 31.8 Å². The summed E-state index contributed by atoms with van der Waals surface area (Å²) in [5, 5.41) is 2.05. The zero-order valence-electron chi connectivity index (χ0n) is 13.0. The van der Waals surface area contributed by atoms with Crippen molar-refractivity contribution in [2.24, 2.45) is 0 Å². The number of furan rings is 1. The van der Waals surface area contributed by atoms with Gasteiger partial charge in [-0.05, 0) is 44.2 Å². The average Bonchev–Trinajstić information content (AvgIpc) is 3.14. The van der Waals surface area contributed by atoms with Gasteiger partial charge in [-0.25, -0.2) is 0 Å². The Balaban J connectivity index is 1.86. The van der Waals surface area contributed by atoms with E-state index in [9.17, 15) is 4.79 Å². The van der Waals surface area contributed by atoms with Gasteiger partial charge in [0.2, 0.25) is 0 Å². The Morgan fingerprint density at radius 3 is 2.73 bits per heavy atom. The van der Waals surface area contributed by atoms with E-state index in [1.807, 2.05) is 30.9 Å². The SMILES string of the molecule is Cc1cc(C(=O)N(Cc2cccs2)C2CCOCC2)c(C)o1. The number of ether oxygens (including phenoxy) is 1. The molecule has 1 saturated heterocycles. The molecular weight excluding hydrogens is 298 g/mol. The van der Waals surface area contributed by atoms with Crippen molar-refractivity contribution < 1.29 is 13.9 Å². The summed E-state index contributed by atoms with van der Waals surface area (Å²) in [7, 11) is 0. The van der Waals surface area contributed by atoms with E-state index in [0.29, 0.717) is 17.9 Å². The molecule has 1 amide bonds. The van der Waals surface area contributed by atoms with Gasteiger partial charge in [0, 0.05) is 24.1 Å². The molecule has 118 valence electrons. The molecule has 0 spiro atoms. The van der Waals surface area contributed by atoms with Gasteiger partial charge < -0.3 is 14.1 Å². The smallest absolute Gasteiger partial charge is 0.257 e. The lowest BCUT2D eigenvalue weighted by molar-refractivity contribution is 0.0269. The van der Waals surface area contributed by atoms with E-state index in [4.69, 9.17) is 9.15 Å². The fourth-order valence-corrected chi connectivity index (χ4v) is 3.63.